The minimum absolute atomic E-state index is 0.143. The van der Waals surface area contributed by atoms with E-state index in [1.54, 1.807) is 18.5 Å². The van der Waals surface area contributed by atoms with Gasteiger partial charge in [0.25, 0.3) is 15.9 Å². The van der Waals surface area contributed by atoms with Gasteiger partial charge in [-0.3, -0.25) is 14.5 Å². The number of imidazole rings is 1. The van der Waals surface area contributed by atoms with Gasteiger partial charge >= 0.3 is 12.0 Å². The number of hydrogen-bond donors (Lipinski definition) is 2. The molecule has 1 fully saturated rings. The molecule has 0 saturated carbocycles. The third-order valence-electron chi connectivity index (χ3n) is 3.50. The monoisotopic (exact) mass is 373 g/mol. The van der Waals surface area contributed by atoms with E-state index in [4.69, 9.17) is 4.74 Å². The molecular formula is C13H19N5O6S. The number of aryl methyl sites for hydroxylation is 2. The van der Waals surface area contributed by atoms with Crippen LogP contribution in [0.1, 0.15) is 12.2 Å². The molecule has 1 aliphatic heterocycles. The molecule has 0 spiro atoms. The molecule has 11 nitrogen and oxygen atoms in total. The molecule has 2 heterocycles. The highest BCUT2D eigenvalue weighted by atomic mass is 32.2. The van der Waals surface area contributed by atoms with Crippen molar-refractivity contribution in [3.63, 3.8) is 0 Å². The Morgan fingerprint density at radius 1 is 1.44 bits per heavy atom. The van der Waals surface area contributed by atoms with Crippen LogP contribution in [0, 0.1) is 6.92 Å². The smallest absolute Gasteiger partial charge is 0.324 e. The zero-order valence-electron chi connectivity index (χ0n) is 13.8. The summed E-state index contributed by atoms with van der Waals surface area (Å²) in [5.41, 5.74) is 0. The Hall–Kier alpha value is -2.47. The molecule has 0 unspecified atom stereocenters. The van der Waals surface area contributed by atoms with Crippen molar-refractivity contribution in [2.45, 2.75) is 18.4 Å². The lowest BCUT2D eigenvalue weighted by atomic mass is 10.4. The van der Waals surface area contributed by atoms with Gasteiger partial charge in [-0.2, -0.15) is 0 Å². The molecule has 25 heavy (non-hydrogen) atoms. The first-order chi connectivity index (χ1) is 11.7. The lowest BCUT2D eigenvalue weighted by molar-refractivity contribution is -0.150. The van der Waals surface area contributed by atoms with Crippen LogP contribution in [0.3, 0.4) is 0 Å². The summed E-state index contributed by atoms with van der Waals surface area (Å²) in [6.45, 7) is 1.47. The maximum absolute atomic E-state index is 12.0. The third-order valence-corrected chi connectivity index (χ3v) is 4.83. The molecule has 0 radical (unpaired) electrons. The van der Waals surface area contributed by atoms with Gasteiger partial charge in [0.2, 0.25) is 0 Å². The number of aromatic nitrogens is 2. The number of carbonyl (C=O) groups is 3. The van der Waals surface area contributed by atoms with Crippen LogP contribution in [0.15, 0.2) is 11.2 Å². The van der Waals surface area contributed by atoms with E-state index < -0.39 is 34.5 Å². The van der Waals surface area contributed by atoms with Crippen LogP contribution in [0.5, 0.6) is 0 Å². The molecule has 2 rings (SSSR count). The lowest BCUT2D eigenvalue weighted by Gasteiger charge is -2.12. The molecule has 1 aromatic heterocycles. The number of sulfonamides is 1. The molecule has 0 aromatic carbocycles. The summed E-state index contributed by atoms with van der Waals surface area (Å²) in [6, 6.07) is -0.528. The van der Waals surface area contributed by atoms with E-state index in [0.29, 0.717) is 12.4 Å². The Kier molecular flexibility index (Phi) is 5.74. The van der Waals surface area contributed by atoms with Gasteiger partial charge in [0.05, 0.1) is 6.42 Å². The standard InChI is InChI=1S/C13H19N5O6S/c1-9-16-10(7-17(9)2)25(22,23)15-4-3-12(20)24-8-11(19)18-6-5-14-13(18)21/h7,15H,3-6,8H2,1-2H3,(H,14,21). The quantitative estimate of drug-likeness (QED) is 0.554. The highest BCUT2D eigenvalue weighted by Crippen LogP contribution is 2.07. The Morgan fingerprint density at radius 2 is 2.16 bits per heavy atom. The van der Waals surface area contributed by atoms with Crippen molar-refractivity contribution in [1.82, 2.24) is 24.5 Å². The number of ether oxygens (including phenoxy) is 1. The maximum atomic E-state index is 12.0. The molecular weight excluding hydrogens is 354 g/mol. The Morgan fingerprint density at radius 3 is 2.72 bits per heavy atom. The summed E-state index contributed by atoms with van der Waals surface area (Å²) < 4.78 is 32.6. The first-order valence-corrected chi connectivity index (χ1v) is 8.92. The van der Waals surface area contributed by atoms with Crippen LogP contribution in [-0.4, -0.2) is 67.0 Å². The predicted molar refractivity (Wildman–Crippen MR) is 83.8 cm³/mol. The molecule has 0 bridgehead atoms. The molecule has 1 aromatic rings. The van der Waals surface area contributed by atoms with Crippen molar-refractivity contribution in [3.8, 4) is 0 Å². The van der Waals surface area contributed by atoms with Gasteiger partial charge < -0.3 is 14.6 Å². The lowest BCUT2D eigenvalue weighted by Crippen LogP contribution is -2.37. The molecule has 12 heteroatoms. The number of nitrogens with zero attached hydrogens (tertiary/aromatic N) is 3. The zero-order chi connectivity index (χ0) is 18.6. The summed E-state index contributed by atoms with van der Waals surface area (Å²) in [6.07, 6.45) is 1.10. The first kappa shape index (κ1) is 18.9. The average Bonchev–Trinajstić information content (AvgIpc) is 3.11. The van der Waals surface area contributed by atoms with Gasteiger partial charge in [0.15, 0.2) is 11.6 Å². The summed E-state index contributed by atoms with van der Waals surface area (Å²) in [7, 11) is -2.16. The Bertz CT molecular complexity index is 767. The van der Waals surface area contributed by atoms with Crippen LogP contribution in [-0.2, 0) is 31.4 Å². The number of amides is 3. The van der Waals surface area contributed by atoms with E-state index in [2.05, 4.69) is 15.0 Å². The second kappa shape index (κ2) is 7.61. The number of rotatable bonds is 7. The SMILES string of the molecule is Cc1nc(S(=O)(=O)NCCC(=O)OCC(=O)N2CCNC2=O)cn1C. The second-order valence-electron chi connectivity index (χ2n) is 5.32. The number of esters is 1. The highest BCUT2D eigenvalue weighted by molar-refractivity contribution is 7.89. The molecule has 0 atom stereocenters. The van der Waals surface area contributed by atoms with Gasteiger partial charge in [-0.1, -0.05) is 0 Å². The van der Waals surface area contributed by atoms with E-state index in [-0.39, 0.29) is 24.5 Å². The third kappa shape index (κ3) is 4.76. The number of urea groups is 1. The van der Waals surface area contributed by atoms with Crippen LogP contribution in [0.4, 0.5) is 4.79 Å². The Labute approximate surface area is 144 Å². The van der Waals surface area contributed by atoms with E-state index in [1.165, 1.54) is 6.20 Å². The van der Waals surface area contributed by atoms with Gasteiger partial charge in [0.1, 0.15) is 5.82 Å². The van der Waals surface area contributed by atoms with Crippen LogP contribution < -0.4 is 10.0 Å². The highest BCUT2D eigenvalue weighted by Gasteiger charge is 2.26. The fourth-order valence-corrected chi connectivity index (χ4v) is 3.09. The van der Waals surface area contributed by atoms with E-state index in [1.807, 2.05) is 0 Å². The normalized spacial score (nSPS) is 14.5. The zero-order valence-corrected chi connectivity index (χ0v) is 14.6. The second-order valence-corrected chi connectivity index (χ2v) is 7.04. The largest absolute Gasteiger partial charge is 0.456 e. The fourth-order valence-electron chi connectivity index (χ4n) is 2.02. The Balaban J connectivity index is 1.74. The first-order valence-electron chi connectivity index (χ1n) is 7.44. The van der Waals surface area contributed by atoms with Crippen molar-refractivity contribution in [2.24, 2.45) is 7.05 Å². The van der Waals surface area contributed by atoms with Gasteiger partial charge in [-0.15, -0.1) is 0 Å². The van der Waals surface area contributed by atoms with Crippen molar-refractivity contribution in [2.75, 3.05) is 26.2 Å². The molecule has 138 valence electrons. The molecule has 1 aliphatic rings. The summed E-state index contributed by atoms with van der Waals surface area (Å²) in [5.74, 6) is -0.856. The topological polar surface area (TPSA) is 140 Å². The van der Waals surface area contributed by atoms with Crippen LogP contribution in [0.2, 0.25) is 0 Å². The van der Waals surface area contributed by atoms with E-state index in [9.17, 15) is 22.8 Å². The summed E-state index contributed by atoms with van der Waals surface area (Å²) in [4.78, 5) is 39.4. The number of carbonyl (C=O) groups excluding carboxylic acids is 3. The molecule has 1 saturated heterocycles. The number of nitrogens with one attached hydrogen (secondary N) is 2. The van der Waals surface area contributed by atoms with Crippen molar-refractivity contribution < 1.29 is 27.5 Å². The molecule has 3 amide bonds. The average molecular weight is 373 g/mol. The minimum atomic E-state index is -3.83. The van der Waals surface area contributed by atoms with E-state index >= 15 is 0 Å². The van der Waals surface area contributed by atoms with Crippen LogP contribution in [0.25, 0.3) is 0 Å². The van der Waals surface area contributed by atoms with Crippen LogP contribution >= 0.6 is 0 Å². The minimum Gasteiger partial charge on any atom is -0.456 e. The fraction of sp³-hybridized carbons (Fsp3) is 0.538. The molecule has 2 N–H and O–H groups in total. The van der Waals surface area contributed by atoms with Crippen molar-refractivity contribution >= 4 is 27.9 Å². The van der Waals surface area contributed by atoms with Gasteiger partial charge in [0, 0.05) is 32.9 Å². The van der Waals surface area contributed by atoms with Gasteiger partial charge in [-0.25, -0.2) is 22.9 Å². The van der Waals surface area contributed by atoms with Gasteiger partial charge in [-0.05, 0) is 6.92 Å². The van der Waals surface area contributed by atoms with Crippen molar-refractivity contribution in [3.05, 3.63) is 12.0 Å². The maximum Gasteiger partial charge on any atom is 0.324 e. The van der Waals surface area contributed by atoms with E-state index in [0.717, 1.165) is 4.90 Å². The predicted octanol–water partition coefficient (Wildman–Crippen LogP) is -1.51. The summed E-state index contributed by atoms with van der Waals surface area (Å²) in [5, 5.41) is 2.31. The summed E-state index contributed by atoms with van der Waals surface area (Å²) >= 11 is 0. The molecule has 0 aliphatic carbocycles. The van der Waals surface area contributed by atoms with Crippen molar-refractivity contribution in [1.29, 1.82) is 0 Å². The number of hydrogen-bond acceptors (Lipinski definition) is 7. The number of imide groups is 1.